The number of thioether (sulfide) groups is 1. The van der Waals surface area contributed by atoms with Crippen LogP contribution < -0.4 is 10.6 Å². The van der Waals surface area contributed by atoms with Crippen LogP contribution in [0.3, 0.4) is 0 Å². The number of esters is 1. The fourth-order valence-electron chi connectivity index (χ4n) is 3.09. The van der Waals surface area contributed by atoms with Crippen molar-refractivity contribution >= 4 is 34.8 Å². The highest BCUT2D eigenvalue weighted by Gasteiger charge is 2.10. The highest BCUT2D eigenvalue weighted by Crippen LogP contribution is 2.32. The van der Waals surface area contributed by atoms with Crippen LogP contribution in [0.15, 0.2) is 53.4 Å². The third-order valence-electron chi connectivity index (χ3n) is 4.73. The van der Waals surface area contributed by atoms with Gasteiger partial charge in [-0.1, -0.05) is 50.8 Å². The van der Waals surface area contributed by atoms with E-state index in [9.17, 15) is 4.79 Å². The average Bonchev–Trinajstić information content (AvgIpc) is 2.73. The fourth-order valence-corrected chi connectivity index (χ4v) is 4.07. The van der Waals surface area contributed by atoms with Crippen molar-refractivity contribution in [2.75, 3.05) is 23.5 Å². The average molecular weight is 415 g/mol. The van der Waals surface area contributed by atoms with Gasteiger partial charge in [0.1, 0.15) is 0 Å². The molecule has 4 nitrogen and oxygen atoms in total. The van der Waals surface area contributed by atoms with Gasteiger partial charge in [0.15, 0.2) is 0 Å². The van der Waals surface area contributed by atoms with Crippen molar-refractivity contribution < 1.29 is 9.53 Å². The first-order chi connectivity index (χ1) is 14.1. The molecule has 0 aliphatic heterocycles. The van der Waals surface area contributed by atoms with Crippen LogP contribution in [0, 0.1) is 0 Å². The summed E-state index contributed by atoms with van der Waals surface area (Å²) < 4.78 is 4.77. The Labute approximate surface area is 179 Å². The second-order valence-electron chi connectivity index (χ2n) is 7.27. The molecule has 158 valence electrons. The molecule has 0 saturated heterocycles. The molecule has 2 aromatic carbocycles. The van der Waals surface area contributed by atoms with Gasteiger partial charge in [0.05, 0.1) is 13.5 Å². The van der Waals surface area contributed by atoms with E-state index in [1.807, 2.05) is 18.2 Å². The Morgan fingerprint density at radius 2 is 1.86 bits per heavy atom. The summed E-state index contributed by atoms with van der Waals surface area (Å²) in [6, 6.07) is 16.9. The van der Waals surface area contributed by atoms with Crippen molar-refractivity contribution in [3.63, 3.8) is 0 Å². The van der Waals surface area contributed by atoms with Gasteiger partial charge < -0.3 is 15.4 Å². The van der Waals surface area contributed by atoms with E-state index < -0.39 is 0 Å². The summed E-state index contributed by atoms with van der Waals surface area (Å²) in [4.78, 5) is 12.6. The molecule has 0 heterocycles. The molecule has 0 saturated carbocycles. The summed E-state index contributed by atoms with van der Waals surface area (Å²) in [6.07, 6.45) is 6.68. The lowest BCUT2D eigenvalue weighted by molar-refractivity contribution is -0.140. The summed E-state index contributed by atoms with van der Waals surface area (Å²) in [7, 11) is 1.44. The first kappa shape index (κ1) is 23.1. The lowest BCUT2D eigenvalue weighted by Gasteiger charge is -2.19. The highest BCUT2D eigenvalue weighted by molar-refractivity contribution is 7.99. The minimum absolute atomic E-state index is 0.171. The lowest BCUT2D eigenvalue weighted by Crippen LogP contribution is -2.15. The molecule has 29 heavy (non-hydrogen) atoms. The summed E-state index contributed by atoms with van der Waals surface area (Å²) in [6.45, 7) is 4.48. The number of unbranched alkanes of at least 4 members (excludes halogenated alkanes) is 3. The van der Waals surface area contributed by atoms with Crippen molar-refractivity contribution in [1.82, 2.24) is 0 Å². The van der Waals surface area contributed by atoms with E-state index in [-0.39, 0.29) is 5.97 Å². The van der Waals surface area contributed by atoms with Gasteiger partial charge in [0.2, 0.25) is 0 Å². The van der Waals surface area contributed by atoms with Crippen molar-refractivity contribution in [2.45, 2.75) is 63.3 Å². The number of rotatable bonds is 13. The molecule has 0 fully saturated rings. The summed E-state index contributed by atoms with van der Waals surface area (Å²) in [5, 5.41) is 7.12. The van der Waals surface area contributed by atoms with Crippen LogP contribution in [0.25, 0.3) is 0 Å². The van der Waals surface area contributed by atoms with Crippen molar-refractivity contribution in [1.29, 1.82) is 0 Å². The second-order valence-corrected chi connectivity index (χ2v) is 8.41. The summed E-state index contributed by atoms with van der Waals surface area (Å²) >= 11 is 1.69. The number of carbonyl (C=O) groups excluding carboxylic acids is 1. The monoisotopic (exact) mass is 414 g/mol. The number of hydrogen-bond donors (Lipinski definition) is 2. The number of anilines is 3. The predicted octanol–water partition coefficient (Wildman–Crippen LogP) is 6.86. The number of nitrogens with one attached hydrogen (secondary N) is 2. The third-order valence-corrected chi connectivity index (χ3v) is 5.79. The van der Waals surface area contributed by atoms with Crippen LogP contribution in [-0.4, -0.2) is 24.9 Å². The molecule has 1 atom stereocenters. The molecule has 0 spiro atoms. The number of methoxy groups -OCH3 is 1. The van der Waals surface area contributed by atoms with Gasteiger partial charge in [-0.25, -0.2) is 0 Å². The normalized spacial score (nSPS) is 11.7. The molecule has 0 aliphatic carbocycles. The zero-order valence-corrected chi connectivity index (χ0v) is 18.7. The first-order valence-electron chi connectivity index (χ1n) is 10.5. The molecule has 2 rings (SSSR count). The minimum atomic E-state index is -0.171. The first-order valence-corrected chi connectivity index (χ1v) is 11.5. The number of benzene rings is 2. The van der Waals surface area contributed by atoms with Crippen LogP contribution in [0.5, 0.6) is 0 Å². The standard InChI is InChI=1S/C24H34N2O2S/c1-4-5-6-8-11-19(2)25-22-15-14-21(26-20-12-9-7-10-13-20)18-23(22)29-17-16-24(27)28-3/h7,9-10,12-15,18-19,25-26H,4-6,8,11,16-17H2,1-3H3. The van der Waals surface area contributed by atoms with Crippen LogP contribution in [-0.2, 0) is 9.53 Å². The van der Waals surface area contributed by atoms with E-state index in [1.165, 1.54) is 32.8 Å². The maximum Gasteiger partial charge on any atom is 0.306 e. The molecule has 2 N–H and O–H groups in total. The third kappa shape index (κ3) is 8.82. The van der Waals surface area contributed by atoms with Gasteiger partial charge in [-0.15, -0.1) is 11.8 Å². The van der Waals surface area contributed by atoms with E-state index in [4.69, 9.17) is 4.74 Å². The van der Waals surface area contributed by atoms with Crippen molar-refractivity contribution in [3.8, 4) is 0 Å². The van der Waals surface area contributed by atoms with E-state index in [1.54, 1.807) is 11.8 Å². The van der Waals surface area contributed by atoms with Gasteiger partial charge in [-0.2, -0.15) is 0 Å². The molecular weight excluding hydrogens is 380 g/mol. The van der Waals surface area contributed by atoms with E-state index in [2.05, 4.69) is 54.8 Å². The molecule has 0 amide bonds. The zero-order chi connectivity index (χ0) is 20.9. The van der Waals surface area contributed by atoms with Crippen LogP contribution in [0.1, 0.15) is 52.4 Å². The Bertz CT molecular complexity index is 737. The van der Waals surface area contributed by atoms with E-state index in [0.29, 0.717) is 18.2 Å². The fraction of sp³-hybridized carbons (Fsp3) is 0.458. The Balaban J connectivity index is 2.05. The van der Waals surface area contributed by atoms with Crippen LogP contribution in [0.2, 0.25) is 0 Å². The van der Waals surface area contributed by atoms with Gasteiger partial charge in [0.25, 0.3) is 0 Å². The molecule has 2 aromatic rings. The quantitative estimate of drug-likeness (QED) is 0.213. The molecule has 0 aromatic heterocycles. The topological polar surface area (TPSA) is 50.4 Å². The van der Waals surface area contributed by atoms with Crippen molar-refractivity contribution in [2.24, 2.45) is 0 Å². The van der Waals surface area contributed by atoms with E-state index >= 15 is 0 Å². The number of para-hydroxylation sites is 1. The van der Waals surface area contributed by atoms with Gasteiger partial charge in [-0.3, -0.25) is 4.79 Å². The molecule has 0 bridgehead atoms. The van der Waals surface area contributed by atoms with Crippen molar-refractivity contribution in [3.05, 3.63) is 48.5 Å². The molecule has 0 aliphatic rings. The zero-order valence-electron chi connectivity index (χ0n) is 17.9. The van der Waals surface area contributed by atoms with Gasteiger partial charge in [0, 0.05) is 33.8 Å². The summed E-state index contributed by atoms with van der Waals surface area (Å²) in [5.41, 5.74) is 3.22. The van der Waals surface area contributed by atoms with Gasteiger partial charge >= 0.3 is 5.97 Å². The number of ether oxygens (including phenoxy) is 1. The molecule has 0 radical (unpaired) electrons. The lowest BCUT2D eigenvalue weighted by atomic mass is 10.1. The maximum atomic E-state index is 11.5. The summed E-state index contributed by atoms with van der Waals surface area (Å²) in [5.74, 6) is 0.524. The Morgan fingerprint density at radius 1 is 1.07 bits per heavy atom. The van der Waals surface area contributed by atoms with Crippen LogP contribution >= 0.6 is 11.8 Å². The highest BCUT2D eigenvalue weighted by atomic mass is 32.2. The predicted molar refractivity (Wildman–Crippen MR) is 125 cm³/mol. The number of carbonyl (C=O) groups is 1. The minimum Gasteiger partial charge on any atom is -0.469 e. The molecular formula is C24H34N2O2S. The molecule has 5 heteroatoms. The largest absolute Gasteiger partial charge is 0.469 e. The van der Waals surface area contributed by atoms with E-state index in [0.717, 1.165) is 28.4 Å². The maximum absolute atomic E-state index is 11.5. The number of hydrogen-bond acceptors (Lipinski definition) is 5. The Kier molecular flexibility index (Phi) is 10.5. The van der Waals surface area contributed by atoms with Gasteiger partial charge in [-0.05, 0) is 43.7 Å². The van der Waals surface area contributed by atoms with Crippen LogP contribution in [0.4, 0.5) is 17.1 Å². The second kappa shape index (κ2) is 13.2. The smallest absolute Gasteiger partial charge is 0.306 e. The Hall–Kier alpha value is -2.14. The Morgan fingerprint density at radius 3 is 2.59 bits per heavy atom. The molecule has 1 unspecified atom stereocenters. The SMILES string of the molecule is CCCCCCC(C)Nc1ccc(Nc2ccccc2)cc1SCCC(=O)OC.